The maximum atomic E-state index is 16.8. The van der Waals surface area contributed by atoms with Crippen LogP contribution in [0, 0.1) is 11.2 Å². The topological polar surface area (TPSA) is 85.3 Å². The van der Waals surface area contributed by atoms with Gasteiger partial charge in [-0.2, -0.15) is 4.98 Å². The maximum Gasteiger partial charge on any atom is 0.410 e. The fourth-order valence-electron chi connectivity index (χ4n) is 6.83. The third kappa shape index (κ3) is 5.27. The zero-order valence-corrected chi connectivity index (χ0v) is 27.0. The zero-order chi connectivity index (χ0) is 31.8. The molecular weight excluding hydrogens is 595 g/mol. The van der Waals surface area contributed by atoms with Crippen molar-refractivity contribution in [3.05, 3.63) is 53.3 Å². The molecule has 0 saturated carbocycles. The first kappa shape index (κ1) is 29.8. The van der Waals surface area contributed by atoms with E-state index >= 15 is 4.39 Å². The number of anilines is 2. The van der Waals surface area contributed by atoms with Gasteiger partial charge >= 0.3 is 6.09 Å². The van der Waals surface area contributed by atoms with Crippen LogP contribution in [0.1, 0.15) is 27.2 Å². The van der Waals surface area contributed by atoms with E-state index in [0.717, 1.165) is 30.3 Å². The van der Waals surface area contributed by atoms with Crippen molar-refractivity contribution in [2.45, 2.75) is 38.8 Å². The Balaban J connectivity index is 1.28. The van der Waals surface area contributed by atoms with Crippen LogP contribution >= 0.6 is 11.6 Å². The summed E-state index contributed by atoms with van der Waals surface area (Å²) in [4.78, 5) is 30.7. The number of halogens is 2. The predicted molar refractivity (Wildman–Crippen MR) is 176 cm³/mol. The molecule has 0 unspecified atom stereocenters. The number of carbonyl (C=O) groups is 1. The van der Waals surface area contributed by atoms with Crippen molar-refractivity contribution >= 4 is 51.1 Å². The fourth-order valence-corrected chi connectivity index (χ4v) is 7.13. The molecule has 3 aromatic carbocycles. The molecule has 7 rings (SSSR count). The van der Waals surface area contributed by atoms with E-state index in [9.17, 15) is 9.90 Å². The number of nitrogens with zero attached hydrogens (tertiary/aromatic N) is 6. The Labute approximate surface area is 267 Å². The average molecular weight is 633 g/mol. The Morgan fingerprint density at radius 2 is 1.80 bits per heavy atom. The molecular formula is C34H38ClFN6O3. The van der Waals surface area contributed by atoms with Gasteiger partial charge < -0.3 is 29.4 Å². The third-order valence-electron chi connectivity index (χ3n) is 9.28. The maximum absolute atomic E-state index is 16.8. The highest BCUT2D eigenvalue weighted by molar-refractivity contribution is 6.35. The Morgan fingerprint density at radius 3 is 2.51 bits per heavy atom. The Hall–Kier alpha value is -3.89. The van der Waals surface area contributed by atoms with Crippen LogP contribution in [-0.4, -0.2) is 96.0 Å². The summed E-state index contributed by atoms with van der Waals surface area (Å²) in [5.41, 5.74) is 0.265. The monoisotopic (exact) mass is 632 g/mol. The normalized spacial score (nSPS) is 18.3. The molecule has 0 aliphatic carbocycles. The second-order valence-electron chi connectivity index (χ2n) is 14.0. The molecule has 11 heteroatoms. The van der Waals surface area contributed by atoms with E-state index in [1.165, 1.54) is 0 Å². The first-order valence-electron chi connectivity index (χ1n) is 15.4. The van der Waals surface area contributed by atoms with E-state index < -0.39 is 11.4 Å². The number of phenols is 1. The molecule has 3 aliphatic rings. The molecule has 1 amide bonds. The lowest BCUT2D eigenvalue weighted by Crippen LogP contribution is -2.59. The van der Waals surface area contributed by atoms with Crippen LogP contribution in [0.25, 0.3) is 32.8 Å². The van der Waals surface area contributed by atoms with Gasteiger partial charge in [0.1, 0.15) is 22.7 Å². The molecule has 236 valence electrons. The summed E-state index contributed by atoms with van der Waals surface area (Å²) in [5.74, 6) is 0.598. The van der Waals surface area contributed by atoms with Crippen molar-refractivity contribution in [2.24, 2.45) is 5.41 Å². The summed E-state index contributed by atoms with van der Waals surface area (Å²) in [6, 6.07) is 12.8. The first-order valence-corrected chi connectivity index (χ1v) is 15.7. The summed E-state index contributed by atoms with van der Waals surface area (Å²) >= 11 is 6.89. The van der Waals surface area contributed by atoms with Crippen LogP contribution in [-0.2, 0) is 4.74 Å². The quantitative estimate of drug-likeness (QED) is 0.287. The summed E-state index contributed by atoms with van der Waals surface area (Å²) < 4.78 is 22.4. The van der Waals surface area contributed by atoms with Gasteiger partial charge in [-0.15, -0.1) is 0 Å². The van der Waals surface area contributed by atoms with Gasteiger partial charge in [0.2, 0.25) is 5.95 Å². The smallest absolute Gasteiger partial charge is 0.410 e. The molecule has 45 heavy (non-hydrogen) atoms. The molecule has 0 radical (unpaired) electrons. The predicted octanol–water partition coefficient (Wildman–Crippen LogP) is 6.15. The lowest BCUT2D eigenvalue weighted by molar-refractivity contribution is 0.0265. The molecule has 1 spiro atoms. The van der Waals surface area contributed by atoms with Crippen LogP contribution in [0.3, 0.4) is 0 Å². The number of benzene rings is 3. The molecule has 3 aliphatic heterocycles. The highest BCUT2D eigenvalue weighted by Gasteiger charge is 2.50. The van der Waals surface area contributed by atoms with E-state index in [-0.39, 0.29) is 33.4 Å². The zero-order valence-electron chi connectivity index (χ0n) is 26.3. The minimum absolute atomic E-state index is 0.0292. The number of phenolic OH excluding ortho intramolecular Hbond substituents is 1. The van der Waals surface area contributed by atoms with Crippen LogP contribution in [0.2, 0.25) is 5.02 Å². The number of aromatic nitrogens is 2. The minimum atomic E-state index is -0.551. The molecule has 0 atom stereocenters. The van der Waals surface area contributed by atoms with Crippen molar-refractivity contribution in [1.29, 1.82) is 0 Å². The van der Waals surface area contributed by atoms with Gasteiger partial charge in [0.25, 0.3) is 0 Å². The van der Waals surface area contributed by atoms with E-state index in [1.807, 2.05) is 59.1 Å². The van der Waals surface area contributed by atoms with E-state index in [0.29, 0.717) is 54.9 Å². The van der Waals surface area contributed by atoms with E-state index in [1.54, 1.807) is 23.1 Å². The highest BCUT2D eigenvalue weighted by atomic mass is 35.5. The number of hydrogen-bond acceptors (Lipinski definition) is 8. The SMILES string of the molecule is CN(C)C1CN(c2nc(N3CC4(CCN(C(=O)OC(C)(C)C)C4)C3)c3cc(Cl)c(-c4cc(O)cc5ccccc45)c(F)c3n2)C1. The average Bonchev–Trinajstić information content (AvgIpc) is 3.37. The number of hydrogen-bond donors (Lipinski definition) is 1. The van der Waals surface area contributed by atoms with Gasteiger partial charge in [-0.3, -0.25) is 0 Å². The molecule has 1 aromatic heterocycles. The summed E-state index contributed by atoms with van der Waals surface area (Å²) in [6.45, 7) is 9.70. The molecule has 3 saturated heterocycles. The van der Waals surface area contributed by atoms with Gasteiger partial charge in [0, 0.05) is 61.7 Å². The molecule has 4 heterocycles. The van der Waals surface area contributed by atoms with Crippen molar-refractivity contribution < 1.29 is 19.0 Å². The minimum Gasteiger partial charge on any atom is -0.508 e. The van der Waals surface area contributed by atoms with E-state index in [4.69, 9.17) is 26.3 Å². The van der Waals surface area contributed by atoms with Crippen LogP contribution < -0.4 is 9.80 Å². The standard InChI is InChI=1S/C34H38ClFN6O3/c1-33(2,3)45-32(44)40-11-10-34(17-40)18-42(19-34)30-25-14-26(35)27(24-13-22(43)12-20-8-6-7-9-23(20)24)28(36)29(25)37-31(38-30)41-15-21(16-41)39(4)5/h6-9,12-14,21,43H,10-11,15-19H2,1-5H3. The number of likely N-dealkylation sites (N-methyl/N-ethyl adjacent to an activating group) is 1. The van der Waals surface area contributed by atoms with Gasteiger partial charge in [0.05, 0.1) is 5.02 Å². The van der Waals surface area contributed by atoms with Gasteiger partial charge in [-0.25, -0.2) is 14.2 Å². The van der Waals surface area contributed by atoms with E-state index in [2.05, 4.69) is 14.7 Å². The van der Waals surface area contributed by atoms with Crippen LogP contribution in [0.4, 0.5) is 21.0 Å². The first-order chi connectivity index (χ1) is 21.3. The molecule has 9 nitrogen and oxygen atoms in total. The lowest BCUT2D eigenvalue weighted by atomic mass is 9.79. The summed E-state index contributed by atoms with van der Waals surface area (Å²) in [7, 11) is 4.09. The van der Waals surface area contributed by atoms with Gasteiger partial charge in [-0.05, 0) is 75.8 Å². The largest absolute Gasteiger partial charge is 0.508 e. The number of likely N-dealkylation sites (tertiary alicyclic amines) is 1. The number of rotatable bonds is 4. The Bertz CT molecular complexity index is 1830. The van der Waals surface area contributed by atoms with Crippen molar-refractivity contribution in [1.82, 2.24) is 19.8 Å². The van der Waals surface area contributed by atoms with Crippen molar-refractivity contribution in [3.8, 4) is 16.9 Å². The van der Waals surface area contributed by atoms with Crippen LogP contribution in [0.15, 0.2) is 42.5 Å². The second-order valence-corrected chi connectivity index (χ2v) is 14.4. The molecule has 4 aromatic rings. The van der Waals surface area contributed by atoms with Crippen molar-refractivity contribution in [3.63, 3.8) is 0 Å². The lowest BCUT2D eigenvalue weighted by Gasteiger charge is -2.49. The molecule has 3 fully saturated rings. The number of carbonyl (C=O) groups excluding carboxylic acids is 1. The fraction of sp³-hybridized carbons (Fsp3) is 0.441. The second kappa shape index (κ2) is 10.6. The Kier molecular flexibility index (Phi) is 7.01. The number of ether oxygens (including phenoxy) is 1. The molecule has 1 N–H and O–H groups in total. The number of fused-ring (bicyclic) bond motifs is 2. The number of amides is 1. The highest BCUT2D eigenvalue weighted by Crippen LogP contribution is 2.46. The number of aromatic hydroxyl groups is 1. The third-order valence-corrected chi connectivity index (χ3v) is 9.58. The Morgan fingerprint density at radius 1 is 1.07 bits per heavy atom. The molecule has 0 bridgehead atoms. The van der Waals surface area contributed by atoms with Crippen molar-refractivity contribution in [2.75, 3.05) is 63.2 Å². The van der Waals surface area contributed by atoms with Gasteiger partial charge in [-0.1, -0.05) is 35.9 Å². The summed E-state index contributed by atoms with van der Waals surface area (Å²) in [6.07, 6.45) is 0.570. The van der Waals surface area contributed by atoms with Crippen LogP contribution in [0.5, 0.6) is 5.75 Å². The summed E-state index contributed by atoms with van der Waals surface area (Å²) in [5, 5.41) is 12.8. The van der Waals surface area contributed by atoms with Gasteiger partial charge in [0.15, 0.2) is 5.82 Å².